The Morgan fingerprint density at radius 1 is 1.57 bits per heavy atom. The number of hydrogen-bond donors (Lipinski definition) is 0. The van der Waals surface area contributed by atoms with Crippen LogP contribution in [0.1, 0.15) is 17.3 Å². The molecule has 1 aromatic heterocycles. The molecule has 0 aromatic carbocycles. The van der Waals surface area contributed by atoms with Crippen LogP contribution in [0, 0.1) is 0 Å². The van der Waals surface area contributed by atoms with Crippen LogP contribution >= 0.6 is 11.8 Å². The molecular formula is C10H13NO2S. The minimum absolute atomic E-state index is 0.100. The van der Waals surface area contributed by atoms with Crippen LogP contribution in [0.4, 0.5) is 0 Å². The van der Waals surface area contributed by atoms with Crippen molar-refractivity contribution in [2.75, 3.05) is 18.6 Å². The Hall–Kier alpha value is -1.03. The van der Waals surface area contributed by atoms with Gasteiger partial charge in [0.15, 0.2) is 5.78 Å². The lowest BCUT2D eigenvalue weighted by Gasteiger charge is -2.02. The molecule has 0 amide bonds. The van der Waals surface area contributed by atoms with E-state index in [1.807, 2.05) is 6.92 Å². The summed E-state index contributed by atoms with van der Waals surface area (Å²) < 4.78 is 4.99. The first-order valence-electron chi connectivity index (χ1n) is 4.38. The number of rotatable bonds is 5. The first kappa shape index (κ1) is 11.0. The van der Waals surface area contributed by atoms with E-state index in [1.165, 1.54) is 0 Å². The fourth-order valence-corrected chi connectivity index (χ4v) is 1.52. The lowest BCUT2D eigenvalue weighted by atomic mass is 10.2. The van der Waals surface area contributed by atoms with Crippen LogP contribution < -0.4 is 4.74 Å². The molecule has 4 heteroatoms. The zero-order valence-electron chi connectivity index (χ0n) is 8.32. The number of pyridine rings is 1. The molecule has 0 fully saturated rings. The molecule has 0 aliphatic rings. The van der Waals surface area contributed by atoms with E-state index in [2.05, 4.69) is 4.98 Å². The number of aromatic nitrogens is 1. The lowest BCUT2D eigenvalue weighted by Crippen LogP contribution is -2.03. The Morgan fingerprint density at radius 2 is 2.36 bits per heavy atom. The smallest absolute Gasteiger partial charge is 0.174 e. The molecule has 76 valence electrons. The molecule has 3 nitrogen and oxygen atoms in total. The second kappa shape index (κ2) is 5.65. The highest BCUT2D eigenvalue weighted by molar-refractivity contribution is 7.99. The number of ether oxygens (including phenoxy) is 1. The van der Waals surface area contributed by atoms with Gasteiger partial charge in [0.05, 0.1) is 19.1 Å². The van der Waals surface area contributed by atoms with Crippen molar-refractivity contribution in [3.63, 3.8) is 0 Å². The summed E-state index contributed by atoms with van der Waals surface area (Å²) in [5.74, 6) is 2.18. The Labute approximate surface area is 87.9 Å². The molecule has 0 N–H and O–H groups in total. The third kappa shape index (κ3) is 3.03. The maximum Gasteiger partial charge on any atom is 0.174 e. The van der Waals surface area contributed by atoms with Gasteiger partial charge in [-0.3, -0.25) is 9.78 Å². The van der Waals surface area contributed by atoms with Crippen molar-refractivity contribution in [3.05, 3.63) is 24.0 Å². The van der Waals surface area contributed by atoms with Crippen LogP contribution in [0.15, 0.2) is 18.5 Å². The maximum atomic E-state index is 11.6. The van der Waals surface area contributed by atoms with E-state index < -0.39 is 0 Å². The largest absolute Gasteiger partial charge is 0.495 e. The second-order valence-corrected chi connectivity index (χ2v) is 3.95. The highest BCUT2D eigenvalue weighted by Gasteiger charge is 2.06. The molecule has 0 aliphatic heterocycles. The summed E-state index contributed by atoms with van der Waals surface area (Å²) in [5.41, 5.74) is 0.616. The van der Waals surface area contributed by atoms with Gasteiger partial charge in [-0.2, -0.15) is 11.8 Å². The van der Waals surface area contributed by atoms with Crippen LogP contribution in [-0.4, -0.2) is 29.4 Å². The van der Waals surface area contributed by atoms with Crippen molar-refractivity contribution < 1.29 is 9.53 Å². The van der Waals surface area contributed by atoms with Crippen LogP contribution in [0.5, 0.6) is 5.75 Å². The summed E-state index contributed by atoms with van der Waals surface area (Å²) in [5, 5.41) is 0. The molecule has 1 heterocycles. The van der Waals surface area contributed by atoms with E-state index in [1.54, 1.807) is 37.3 Å². The van der Waals surface area contributed by atoms with Gasteiger partial charge < -0.3 is 4.74 Å². The molecule has 14 heavy (non-hydrogen) atoms. The van der Waals surface area contributed by atoms with E-state index in [-0.39, 0.29) is 5.78 Å². The Kier molecular flexibility index (Phi) is 4.46. The molecule has 1 rings (SSSR count). The van der Waals surface area contributed by atoms with Crippen LogP contribution in [0.3, 0.4) is 0 Å². The average molecular weight is 211 g/mol. The molecule has 0 unspecified atom stereocenters. The van der Waals surface area contributed by atoms with Crippen molar-refractivity contribution >= 4 is 17.5 Å². The predicted octanol–water partition coefficient (Wildman–Crippen LogP) is 2.03. The molecule has 0 aliphatic carbocycles. The summed E-state index contributed by atoms with van der Waals surface area (Å²) in [4.78, 5) is 15.5. The SMILES string of the molecule is CCSCC(=O)c1cncc(OC)c1. The number of hydrogen-bond acceptors (Lipinski definition) is 4. The van der Waals surface area contributed by atoms with E-state index in [9.17, 15) is 4.79 Å². The maximum absolute atomic E-state index is 11.6. The van der Waals surface area contributed by atoms with Gasteiger partial charge in [0.2, 0.25) is 0 Å². The van der Waals surface area contributed by atoms with E-state index in [4.69, 9.17) is 4.74 Å². The monoisotopic (exact) mass is 211 g/mol. The first-order chi connectivity index (χ1) is 6.77. The number of thioether (sulfide) groups is 1. The number of carbonyl (C=O) groups is 1. The summed E-state index contributed by atoms with van der Waals surface area (Å²) in [6, 6.07) is 1.71. The van der Waals surface area contributed by atoms with Gasteiger partial charge in [-0.1, -0.05) is 6.92 Å². The first-order valence-corrected chi connectivity index (χ1v) is 5.53. The fraction of sp³-hybridized carbons (Fsp3) is 0.400. The lowest BCUT2D eigenvalue weighted by molar-refractivity contribution is 0.102. The number of ketones is 1. The van der Waals surface area contributed by atoms with E-state index >= 15 is 0 Å². The zero-order valence-corrected chi connectivity index (χ0v) is 9.13. The molecular weight excluding hydrogens is 198 g/mol. The van der Waals surface area contributed by atoms with Crippen molar-refractivity contribution in [1.29, 1.82) is 0 Å². The van der Waals surface area contributed by atoms with Crippen molar-refractivity contribution in [2.45, 2.75) is 6.92 Å². The summed E-state index contributed by atoms with van der Waals surface area (Å²) in [6.45, 7) is 2.03. The van der Waals surface area contributed by atoms with Crippen LogP contribution in [-0.2, 0) is 0 Å². The van der Waals surface area contributed by atoms with Crippen LogP contribution in [0.25, 0.3) is 0 Å². The molecule has 0 atom stereocenters. The van der Waals surface area contributed by atoms with Crippen LogP contribution in [0.2, 0.25) is 0 Å². The summed E-state index contributed by atoms with van der Waals surface area (Å²) >= 11 is 1.61. The highest BCUT2D eigenvalue weighted by Crippen LogP contribution is 2.12. The average Bonchev–Trinajstić information content (AvgIpc) is 2.26. The second-order valence-electron chi connectivity index (χ2n) is 2.67. The Balaban J connectivity index is 2.69. The molecule has 0 saturated heterocycles. The minimum Gasteiger partial charge on any atom is -0.495 e. The molecule has 0 radical (unpaired) electrons. The normalized spacial score (nSPS) is 9.86. The zero-order chi connectivity index (χ0) is 10.4. The van der Waals surface area contributed by atoms with Gasteiger partial charge >= 0.3 is 0 Å². The van der Waals surface area contributed by atoms with Gasteiger partial charge in [0.1, 0.15) is 5.75 Å². The number of methoxy groups -OCH3 is 1. The quantitative estimate of drug-likeness (QED) is 0.698. The topological polar surface area (TPSA) is 39.2 Å². The molecule has 0 spiro atoms. The van der Waals surface area contributed by atoms with E-state index in [0.29, 0.717) is 17.1 Å². The standard InChI is InChI=1S/C10H13NO2S/c1-3-14-7-10(12)8-4-9(13-2)6-11-5-8/h4-6H,3,7H2,1-2H3. The highest BCUT2D eigenvalue weighted by atomic mass is 32.2. The molecule has 0 saturated carbocycles. The predicted molar refractivity (Wildman–Crippen MR) is 58.1 cm³/mol. The summed E-state index contributed by atoms with van der Waals surface area (Å²) in [7, 11) is 1.56. The van der Waals surface area contributed by atoms with Gasteiger partial charge in [0, 0.05) is 11.8 Å². The third-order valence-corrected chi connectivity index (χ3v) is 2.58. The number of Topliss-reactive ketones (excluding diaryl/α,β-unsaturated/α-hetero) is 1. The number of nitrogens with zero attached hydrogens (tertiary/aromatic N) is 1. The van der Waals surface area contributed by atoms with Gasteiger partial charge in [-0.25, -0.2) is 0 Å². The Bertz CT molecular complexity index is 315. The molecule has 0 bridgehead atoms. The minimum atomic E-state index is 0.100. The van der Waals surface area contributed by atoms with Crippen molar-refractivity contribution in [2.24, 2.45) is 0 Å². The fourth-order valence-electron chi connectivity index (χ4n) is 0.961. The van der Waals surface area contributed by atoms with E-state index in [0.717, 1.165) is 5.75 Å². The summed E-state index contributed by atoms with van der Waals surface area (Å²) in [6.07, 6.45) is 3.16. The third-order valence-electron chi connectivity index (χ3n) is 1.71. The number of carbonyl (C=O) groups excluding carboxylic acids is 1. The van der Waals surface area contributed by atoms with Gasteiger partial charge in [-0.15, -0.1) is 0 Å². The van der Waals surface area contributed by atoms with Crippen molar-refractivity contribution in [1.82, 2.24) is 4.98 Å². The van der Waals surface area contributed by atoms with Crippen molar-refractivity contribution in [3.8, 4) is 5.75 Å². The van der Waals surface area contributed by atoms with Gasteiger partial charge in [0.25, 0.3) is 0 Å². The molecule has 1 aromatic rings. The van der Waals surface area contributed by atoms with Gasteiger partial charge in [-0.05, 0) is 11.8 Å². The Morgan fingerprint density at radius 3 is 3.00 bits per heavy atom.